The van der Waals surface area contributed by atoms with E-state index in [1.54, 1.807) is 6.07 Å². The summed E-state index contributed by atoms with van der Waals surface area (Å²) in [4.78, 5) is 0. The van der Waals surface area contributed by atoms with Gasteiger partial charge in [0, 0.05) is 11.5 Å². The molecule has 0 unspecified atom stereocenters. The highest BCUT2D eigenvalue weighted by molar-refractivity contribution is 5.28. The SMILES string of the molecule is CCCCC1COC(c2ccc(C3CCC(C4CCC(CF)CC4)CC3)c(F)c2)OC1. The molecule has 1 aromatic carbocycles. The first-order chi connectivity index (χ1) is 15.2. The summed E-state index contributed by atoms with van der Waals surface area (Å²) in [5, 5.41) is 0. The quantitative estimate of drug-likeness (QED) is 0.437. The number of halogens is 2. The largest absolute Gasteiger partial charge is 0.348 e. The summed E-state index contributed by atoms with van der Waals surface area (Å²) < 4.78 is 39.7. The summed E-state index contributed by atoms with van der Waals surface area (Å²) in [5.41, 5.74) is 1.66. The molecule has 31 heavy (non-hydrogen) atoms. The molecule has 0 spiro atoms. The second-order valence-electron chi connectivity index (χ2n) is 10.3. The lowest BCUT2D eigenvalue weighted by Crippen LogP contribution is -2.27. The molecular formula is C27H40F2O2. The van der Waals surface area contributed by atoms with Crippen molar-refractivity contribution in [2.45, 2.75) is 89.8 Å². The molecule has 1 aromatic rings. The smallest absolute Gasteiger partial charge is 0.183 e. The maximum Gasteiger partial charge on any atom is 0.183 e. The minimum atomic E-state index is -0.434. The van der Waals surface area contributed by atoms with Gasteiger partial charge in [0.2, 0.25) is 0 Å². The van der Waals surface area contributed by atoms with E-state index in [9.17, 15) is 4.39 Å². The van der Waals surface area contributed by atoms with Crippen molar-refractivity contribution >= 4 is 0 Å². The normalized spacial score (nSPS) is 34.5. The molecule has 4 heteroatoms. The molecule has 2 saturated carbocycles. The van der Waals surface area contributed by atoms with Gasteiger partial charge in [-0.15, -0.1) is 0 Å². The van der Waals surface area contributed by atoms with Crippen molar-refractivity contribution in [1.82, 2.24) is 0 Å². The summed E-state index contributed by atoms with van der Waals surface area (Å²) >= 11 is 0. The van der Waals surface area contributed by atoms with Crippen LogP contribution in [0.4, 0.5) is 8.78 Å². The Morgan fingerprint density at radius 2 is 1.52 bits per heavy atom. The first-order valence-electron chi connectivity index (χ1n) is 12.8. The minimum Gasteiger partial charge on any atom is -0.348 e. The van der Waals surface area contributed by atoms with Crippen LogP contribution in [0, 0.1) is 29.5 Å². The van der Waals surface area contributed by atoms with Crippen LogP contribution in [0.25, 0.3) is 0 Å². The van der Waals surface area contributed by atoms with E-state index in [4.69, 9.17) is 9.47 Å². The molecule has 0 radical (unpaired) electrons. The second-order valence-corrected chi connectivity index (χ2v) is 10.3. The predicted molar refractivity (Wildman–Crippen MR) is 120 cm³/mol. The van der Waals surface area contributed by atoms with Crippen LogP contribution in [0.5, 0.6) is 0 Å². The van der Waals surface area contributed by atoms with Crippen LogP contribution in [0.3, 0.4) is 0 Å². The molecule has 3 fully saturated rings. The first-order valence-corrected chi connectivity index (χ1v) is 12.8. The fraction of sp³-hybridized carbons (Fsp3) is 0.778. The van der Waals surface area contributed by atoms with Gasteiger partial charge in [0.25, 0.3) is 0 Å². The Bertz CT molecular complexity index is 670. The van der Waals surface area contributed by atoms with Crippen molar-refractivity contribution in [2.75, 3.05) is 19.9 Å². The summed E-state index contributed by atoms with van der Waals surface area (Å²) in [6, 6.07) is 5.61. The zero-order valence-electron chi connectivity index (χ0n) is 19.2. The first kappa shape index (κ1) is 23.2. The molecule has 0 bridgehead atoms. The summed E-state index contributed by atoms with van der Waals surface area (Å²) in [7, 11) is 0. The number of hydrogen-bond acceptors (Lipinski definition) is 2. The van der Waals surface area contributed by atoms with E-state index in [1.807, 2.05) is 12.1 Å². The van der Waals surface area contributed by atoms with Crippen LogP contribution in [0.2, 0.25) is 0 Å². The fourth-order valence-electron chi connectivity index (χ4n) is 6.13. The van der Waals surface area contributed by atoms with Gasteiger partial charge in [0.05, 0.1) is 19.9 Å². The van der Waals surface area contributed by atoms with Crippen LogP contribution >= 0.6 is 0 Å². The average molecular weight is 435 g/mol. The Morgan fingerprint density at radius 1 is 0.871 bits per heavy atom. The zero-order chi connectivity index (χ0) is 21.6. The van der Waals surface area contributed by atoms with Gasteiger partial charge in [-0.2, -0.15) is 0 Å². The molecule has 0 aromatic heterocycles. The third-order valence-corrected chi connectivity index (χ3v) is 8.22. The summed E-state index contributed by atoms with van der Waals surface area (Å²) in [6.45, 7) is 3.45. The van der Waals surface area contributed by atoms with E-state index in [0.717, 1.165) is 55.1 Å². The van der Waals surface area contributed by atoms with Crippen LogP contribution in [0.1, 0.15) is 101 Å². The van der Waals surface area contributed by atoms with Crippen molar-refractivity contribution in [3.05, 3.63) is 35.1 Å². The van der Waals surface area contributed by atoms with Gasteiger partial charge in [-0.3, -0.25) is 4.39 Å². The van der Waals surface area contributed by atoms with E-state index >= 15 is 4.39 Å². The Hall–Kier alpha value is -1.00. The topological polar surface area (TPSA) is 18.5 Å². The molecule has 3 aliphatic rings. The van der Waals surface area contributed by atoms with Crippen molar-refractivity contribution in [2.24, 2.45) is 23.7 Å². The Labute approximate surface area is 187 Å². The van der Waals surface area contributed by atoms with Crippen molar-refractivity contribution in [1.29, 1.82) is 0 Å². The minimum absolute atomic E-state index is 0.107. The molecule has 1 aliphatic heterocycles. The Balaban J connectivity index is 1.27. The highest BCUT2D eigenvalue weighted by atomic mass is 19.1. The van der Waals surface area contributed by atoms with Gasteiger partial charge in [-0.1, -0.05) is 31.9 Å². The van der Waals surface area contributed by atoms with Crippen LogP contribution in [-0.4, -0.2) is 19.9 Å². The second kappa shape index (κ2) is 11.2. The van der Waals surface area contributed by atoms with Crippen LogP contribution in [-0.2, 0) is 9.47 Å². The standard InChI is InChI=1S/C27H40F2O2/c1-2-3-4-20-17-30-27(31-18-20)24-13-14-25(26(29)15-24)23-11-9-22(10-12-23)21-7-5-19(16-28)6-8-21/h13-15,19-23,27H,2-12,16-18H2,1H3. The van der Waals surface area contributed by atoms with Crippen molar-refractivity contribution < 1.29 is 18.3 Å². The number of ether oxygens (including phenoxy) is 2. The number of alkyl halides is 1. The van der Waals surface area contributed by atoms with Gasteiger partial charge in [0.15, 0.2) is 6.29 Å². The van der Waals surface area contributed by atoms with E-state index in [0.29, 0.717) is 31.0 Å². The van der Waals surface area contributed by atoms with Crippen molar-refractivity contribution in [3.63, 3.8) is 0 Å². The van der Waals surface area contributed by atoms with Crippen molar-refractivity contribution in [3.8, 4) is 0 Å². The molecule has 174 valence electrons. The molecule has 1 heterocycles. The lowest BCUT2D eigenvalue weighted by atomic mass is 9.68. The maximum absolute atomic E-state index is 15.0. The molecule has 2 nitrogen and oxygen atoms in total. The van der Waals surface area contributed by atoms with Gasteiger partial charge >= 0.3 is 0 Å². The maximum atomic E-state index is 15.0. The number of unbranched alkanes of at least 4 members (excludes halogenated alkanes) is 1. The van der Waals surface area contributed by atoms with Crippen LogP contribution in [0.15, 0.2) is 18.2 Å². The lowest BCUT2D eigenvalue weighted by molar-refractivity contribution is -0.206. The highest BCUT2D eigenvalue weighted by Gasteiger charge is 2.32. The number of rotatable bonds is 7. The fourth-order valence-corrected chi connectivity index (χ4v) is 6.13. The van der Waals surface area contributed by atoms with E-state index in [2.05, 4.69) is 6.92 Å². The third kappa shape index (κ3) is 5.87. The van der Waals surface area contributed by atoms with Gasteiger partial charge in [-0.05, 0) is 93.1 Å². The Kier molecular flexibility index (Phi) is 8.39. The molecule has 0 atom stereocenters. The Morgan fingerprint density at radius 3 is 2.10 bits per heavy atom. The van der Waals surface area contributed by atoms with Gasteiger partial charge < -0.3 is 9.47 Å². The summed E-state index contributed by atoms with van der Waals surface area (Å²) in [6.07, 6.45) is 12.1. The molecule has 4 rings (SSSR count). The molecule has 2 aliphatic carbocycles. The monoisotopic (exact) mass is 434 g/mol. The van der Waals surface area contributed by atoms with E-state index < -0.39 is 6.29 Å². The van der Waals surface area contributed by atoms with Gasteiger partial charge in [-0.25, -0.2) is 4.39 Å². The molecule has 1 saturated heterocycles. The van der Waals surface area contributed by atoms with E-state index in [1.165, 1.54) is 38.5 Å². The third-order valence-electron chi connectivity index (χ3n) is 8.22. The van der Waals surface area contributed by atoms with E-state index in [-0.39, 0.29) is 12.5 Å². The molecular weight excluding hydrogens is 394 g/mol. The number of hydrogen-bond donors (Lipinski definition) is 0. The number of benzene rings is 1. The van der Waals surface area contributed by atoms with Gasteiger partial charge in [0.1, 0.15) is 5.82 Å². The zero-order valence-corrected chi connectivity index (χ0v) is 19.2. The lowest BCUT2D eigenvalue weighted by Gasteiger charge is -2.37. The molecule has 0 N–H and O–H groups in total. The highest BCUT2D eigenvalue weighted by Crippen LogP contribution is 2.44. The molecule has 0 amide bonds. The van der Waals surface area contributed by atoms with Crippen LogP contribution < -0.4 is 0 Å². The summed E-state index contributed by atoms with van der Waals surface area (Å²) in [5.74, 6) is 2.49. The predicted octanol–water partition coefficient (Wildman–Crippen LogP) is 7.73. The average Bonchev–Trinajstić information content (AvgIpc) is 2.83.